The van der Waals surface area contributed by atoms with Crippen LogP contribution in [0.25, 0.3) is 0 Å². The molecule has 1 aliphatic rings. The van der Waals surface area contributed by atoms with Crippen molar-refractivity contribution in [3.05, 3.63) is 18.0 Å². The summed E-state index contributed by atoms with van der Waals surface area (Å²) >= 11 is 0. The molecule has 0 bridgehead atoms. The van der Waals surface area contributed by atoms with E-state index in [-0.39, 0.29) is 19.0 Å². The molecule has 1 aromatic rings. The van der Waals surface area contributed by atoms with Crippen LogP contribution in [-0.2, 0) is 16.6 Å². The highest BCUT2D eigenvalue weighted by atomic mass is 32.2. The highest BCUT2D eigenvalue weighted by molar-refractivity contribution is 7.89. The Morgan fingerprint density at radius 1 is 1.36 bits per heavy atom. The third-order valence-corrected chi connectivity index (χ3v) is 6.42. The third kappa shape index (κ3) is 3.45. The van der Waals surface area contributed by atoms with Gasteiger partial charge < -0.3 is 0 Å². The van der Waals surface area contributed by atoms with Crippen molar-refractivity contribution in [1.29, 1.82) is 0 Å². The fraction of sp³-hybridized carbons (Fsp3) is 0.769. The van der Waals surface area contributed by atoms with Crippen LogP contribution >= 0.6 is 0 Å². The minimum absolute atomic E-state index is 0.116. The number of nitrogens with zero attached hydrogens (tertiary/aromatic N) is 3. The van der Waals surface area contributed by atoms with Crippen molar-refractivity contribution in [3.8, 4) is 0 Å². The molecule has 2 rings (SSSR count). The Bertz CT molecular complexity index is 604. The van der Waals surface area contributed by atoms with Gasteiger partial charge in [-0.05, 0) is 38.2 Å². The fourth-order valence-electron chi connectivity index (χ4n) is 2.60. The molecule has 0 radical (unpaired) electrons. The quantitative estimate of drug-likeness (QED) is 0.846. The molecule has 1 aliphatic heterocycles. The predicted molar refractivity (Wildman–Crippen MR) is 75.9 cm³/mol. The number of aromatic nitrogens is 2. The maximum Gasteiger partial charge on any atom is 0.406 e. The summed E-state index contributed by atoms with van der Waals surface area (Å²) < 4.78 is 64.8. The predicted octanol–water partition coefficient (Wildman–Crippen LogP) is 2.36. The van der Waals surface area contributed by atoms with E-state index < -0.39 is 21.4 Å². The molecule has 0 N–H and O–H groups in total. The second-order valence-corrected chi connectivity index (χ2v) is 7.78. The van der Waals surface area contributed by atoms with Crippen molar-refractivity contribution in [2.75, 3.05) is 13.1 Å². The van der Waals surface area contributed by atoms with E-state index >= 15 is 0 Å². The van der Waals surface area contributed by atoms with E-state index in [2.05, 4.69) is 5.10 Å². The second kappa shape index (κ2) is 6.19. The van der Waals surface area contributed by atoms with Crippen LogP contribution in [0, 0.1) is 0 Å². The Kier molecular flexibility index (Phi) is 4.86. The Hall–Kier alpha value is -1.09. The summed E-state index contributed by atoms with van der Waals surface area (Å²) in [5, 5.41) is 1.81. The Morgan fingerprint density at radius 3 is 2.41 bits per heavy atom. The smallest absolute Gasteiger partial charge is 0.273 e. The van der Waals surface area contributed by atoms with Crippen LogP contribution < -0.4 is 0 Å². The average Bonchev–Trinajstić information content (AvgIpc) is 2.94. The third-order valence-electron chi connectivity index (χ3n) is 4.17. The van der Waals surface area contributed by atoms with Crippen LogP contribution in [0.15, 0.2) is 12.4 Å². The van der Waals surface area contributed by atoms with Gasteiger partial charge in [0.1, 0.15) is 0 Å². The summed E-state index contributed by atoms with van der Waals surface area (Å²) in [5.74, 6) is 0.146. The van der Waals surface area contributed by atoms with Gasteiger partial charge in [0.2, 0.25) is 10.0 Å². The minimum atomic E-state index is -4.74. The first-order valence-electron chi connectivity index (χ1n) is 7.24. The number of alkyl halides is 3. The van der Waals surface area contributed by atoms with Gasteiger partial charge in [-0.25, -0.2) is 12.7 Å². The van der Waals surface area contributed by atoms with Crippen LogP contribution in [0.1, 0.15) is 38.2 Å². The monoisotopic (exact) mass is 339 g/mol. The van der Waals surface area contributed by atoms with Gasteiger partial charge in [0, 0.05) is 25.8 Å². The summed E-state index contributed by atoms with van der Waals surface area (Å²) in [6.45, 7) is 3.64. The molecule has 0 spiro atoms. The fourth-order valence-corrected chi connectivity index (χ4v) is 4.10. The SMILES string of the molecule is CCn1cc(C2CCN(S(=O)(=O)[C@H](C)C(F)(F)F)CC2)cn1. The summed E-state index contributed by atoms with van der Waals surface area (Å²) in [6, 6.07) is 0. The summed E-state index contributed by atoms with van der Waals surface area (Å²) in [6.07, 6.45) is -0.0553. The highest BCUT2D eigenvalue weighted by Gasteiger charge is 2.48. The maximum atomic E-state index is 12.7. The first-order valence-corrected chi connectivity index (χ1v) is 8.74. The molecule has 22 heavy (non-hydrogen) atoms. The van der Waals surface area contributed by atoms with Gasteiger partial charge in [-0.15, -0.1) is 0 Å². The van der Waals surface area contributed by atoms with Crippen molar-refractivity contribution in [1.82, 2.24) is 14.1 Å². The molecule has 0 amide bonds. The van der Waals surface area contributed by atoms with Crippen molar-refractivity contribution in [2.45, 2.75) is 50.6 Å². The lowest BCUT2D eigenvalue weighted by Gasteiger charge is -2.33. The highest BCUT2D eigenvalue weighted by Crippen LogP contribution is 2.33. The first-order chi connectivity index (χ1) is 10.2. The van der Waals surface area contributed by atoms with Crippen LogP contribution in [0.3, 0.4) is 0 Å². The largest absolute Gasteiger partial charge is 0.406 e. The van der Waals surface area contributed by atoms with E-state index in [9.17, 15) is 21.6 Å². The van der Waals surface area contributed by atoms with E-state index in [1.807, 2.05) is 13.1 Å². The summed E-state index contributed by atoms with van der Waals surface area (Å²) in [4.78, 5) is 0. The number of hydrogen-bond donors (Lipinski definition) is 0. The molecule has 1 atom stereocenters. The van der Waals surface area contributed by atoms with E-state index in [1.165, 1.54) is 0 Å². The zero-order valence-corrected chi connectivity index (χ0v) is 13.4. The number of piperidine rings is 1. The molecule has 1 saturated heterocycles. The lowest BCUT2D eigenvalue weighted by atomic mass is 9.93. The lowest BCUT2D eigenvalue weighted by Crippen LogP contribution is -2.47. The maximum absolute atomic E-state index is 12.7. The number of aryl methyl sites for hydroxylation is 1. The number of sulfonamides is 1. The zero-order valence-electron chi connectivity index (χ0n) is 12.5. The van der Waals surface area contributed by atoms with Crippen LogP contribution in [0.5, 0.6) is 0 Å². The molecular formula is C13H20F3N3O2S. The zero-order chi connectivity index (χ0) is 16.5. The van der Waals surface area contributed by atoms with Crippen molar-refractivity contribution in [3.63, 3.8) is 0 Å². The Balaban J connectivity index is 2.02. The molecule has 0 aliphatic carbocycles. The second-order valence-electron chi connectivity index (χ2n) is 5.53. The van der Waals surface area contributed by atoms with Gasteiger partial charge in [0.25, 0.3) is 0 Å². The van der Waals surface area contributed by atoms with Gasteiger partial charge in [-0.2, -0.15) is 18.3 Å². The van der Waals surface area contributed by atoms with Gasteiger partial charge in [-0.3, -0.25) is 4.68 Å². The lowest BCUT2D eigenvalue weighted by molar-refractivity contribution is -0.127. The van der Waals surface area contributed by atoms with Crippen molar-refractivity contribution in [2.24, 2.45) is 0 Å². The molecule has 126 valence electrons. The van der Waals surface area contributed by atoms with E-state index in [4.69, 9.17) is 0 Å². The Labute approximate surface area is 128 Å². The summed E-state index contributed by atoms with van der Waals surface area (Å²) in [5.41, 5.74) is 1.02. The van der Waals surface area contributed by atoms with E-state index in [1.54, 1.807) is 10.9 Å². The summed E-state index contributed by atoms with van der Waals surface area (Å²) in [7, 11) is -4.34. The van der Waals surface area contributed by atoms with Gasteiger partial charge in [0.05, 0.1) is 6.20 Å². The van der Waals surface area contributed by atoms with Crippen LogP contribution in [0.2, 0.25) is 0 Å². The molecule has 1 aromatic heterocycles. The van der Waals surface area contributed by atoms with Gasteiger partial charge in [0.15, 0.2) is 5.25 Å². The molecule has 2 heterocycles. The first kappa shape index (κ1) is 17.3. The van der Waals surface area contributed by atoms with E-state index in [0.29, 0.717) is 19.8 Å². The van der Waals surface area contributed by atoms with Gasteiger partial charge in [-0.1, -0.05) is 0 Å². The standard InChI is InChI=1S/C13H20F3N3O2S/c1-3-18-9-12(8-17-18)11-4-6-19(7-5-11)22(20,21)10(2)13(14,15)16/h8-11H,3-7H2,1-2H3/t10-/m1/s1. The van der Waals surface area contributed by atoms with Crippen molar-refractivity contribution >= 4 is 10.0 Å². The van der Waals surface area contributed by atoms with Gasteiger partial charge >= 0.3 is 6.18 Å². The van der Waals surface area contributed by atoms with Crippen LogP contribution in [-0.4, -0.2) is 47.0 Å². The molecule has 5 nitrogen and oxygen atoms in total. The normalized spacial score (nSPS) is 20.2. The topological polar surface area (TPSA) is 55.2 Å². The molecule has 9 heteroatoms. The molecule has 0 saturated carbocycles. The minimum Gasteiger partial charge on any atom is -0.273 e. The van der Waals surface area contributed by atoms with Crippen molar-refractivity contribution < 1.29 is 21.6 Å². The average molecular weight is 339 g/mol. The molecule has 1 fully saturated rings. The molecule has 0 unspecified atom stereocenters. The van der Waals surface area contributed by atoms with E-state index in [0.717, 1.165) is 16.4 Å². The number of hydrogen-bond acceptors (Lipinski definition) is 3. The molecule has 0 aromatic carbocycles. The Morgan fingerprint density at radius 2 is 1.95 bits per heavy atom. The van der Waals surface area contributed by atoms with Crippen LogP contribution in [0.4, 0.5) is 13.2 Å². The number of rotatable bonds is 4. The number of halogens is 3. The molecular weight excluding hydrogens is 319 g/mol.